The van der Waals surface area contributed by atoms with Crippen molar-refractivity contribution in [3.05, 3.63) is 29.8 Å². The molecule has 1 saturated heterocycles. The van der Waals surface area contributed by atoms with Crippen molar-refractivity contribution in [3.63, 3.8) is 0 Å². The number of hydrogen-bond acceptors (Lipinski definition) is 3. The van der Waals surface area contributed by atoms with Crippen molar-refractivity contribution >= 4 is 22.4 Å². The van der Waals surface area contributed by atoms with E-state index in [-0.39, 0.29) is 11.8 Å². The molecule has 2 atom stereocenters. The Morgan fingerprint density at radius 1 is 1.53 bits per heavy atom. The minimum atomic E-state index is -0.864. The van der Waals surface area contributed by atoms with E-state index in [4.69, 9.17) is 0 Å². The van der Waals surface area contributed by atoms with Gasteiger partial charge in [0, 0.05) is 35.0 Å². The first kappa shape index (κ1) is 14.2. The number of piperidine rings is 1. The van der Waals surface area contributed by atoms with E-state index in [1.54, 1.807) is 6.26 Å². The summed E-state index contributed by atoms with van der Waals surface area (Å²) in [6.07, 6.45) is 3.67. The van der Waals surface area contributed by atoms with E-state index >= 15 is 0 Å². The molecule has 104 valence electrons. The molecule has 2 rings (SSSR count). The van der Waals surface area contributed by atoms with Crippen LogP contribution in [0.25, 0.3) is 0 Å². The average Bonchev–Trinajstić information content (AvgIpc) is 2.39. The fraction of sp³-hybridized carbons (Fsp3) is 0.500. The van der Waals surface area contributed by atoms with Crippen molar-refractivity contribution in [1.29, 1.82) is 0 Å². The molecular formula is C14H20N2O2S. The number of amides is 1. The number of hydrogen-bond donors (Lipinski definition) is 2. The third kappa shape index (κ3) is 4.44. The number of carbonyl (C=O) groups excluding carboxylic acids is 1. The van der Waals surface area contributed by atoms with Crippen LogP contribution in [-0.2, 0) is 21.3 Å². The van der Waals surface area contributed by atoms with Crippen LogP contribution in [0.1, 0.15) is 18.4 Å². The van der Waals surface area contributed by atoms with E-state index in [1.807, 2.05) is 24.3 Å². The molecule has 0 bridgehead atoms. The molecule has 1 aliphatic rings. The van der Waals surface area contributed by atoms with Crippen molar-refractivity contribution in [2.45, 2.75) is 18.6 Å². The van der Waals surface area contributed by atoms with Gasteiger partial charge in [-0.25, -0.2) is 0 Å². The van der Waals surface area contributed by atoms with Gasteiger partial charge in [-0.2, -0.15) is 0 Å². The molecule has 0 aromatic heterocycles. The Morgan fingerprint density at radius 2 is 2.37 bits per heavy atom. The lowest BCUT2D eigenvalue weighted by Crippen LogP contribution is -2.37. The van der Waals surface area contributed by atoms with Crippen LogP contribution in [0.5, 0.6) is 0 Å². The topological polar surface area (TPSA) is 58.2 Å². The summed E-state index contributed by atoms with van der Waals surface area (Å²) in [5.41, 5.74) is 1.78. The Hall–Kier alpha value is -1.20. The first-order valence-corrected chi connectivity index (χ1v) is 8.28. The van der Waals surface area contributed by atoms with Crippen molar-refractivity contribution < 1.29 is 9.00 Å². The smallest absolute Gasteiger partial charge is 0.228 e. The van der Waals surface area contributed by atoms with E-state index in [0.29, 0.717) is 5.75 Å². The Morgan fingerprint density at radius 3 is 3.05 bits per heavy atom. The van der Waals surface area contributed by atoms with E-state index in [0.717, 1.165) is 37.2 Å². The predicted molar refractivity (Wildman–Crippen MR) is 78.4 cm³/mol. The second-order valence-corrected chi connectivity index (χ2v) is 6.39. The largest absolute Gasteiger partial charge is 0.326 e. The summed E-state index contributed by atoms with van der Waals surface area (Å²) in [7, 11) is -0.864. The van der Waals surface area contributed by atoms with Gasteiger partial charge in [-0.3, -0.25) is 9.00 Å². The lowest BCUT2D eigenvalue weighted by atomic mass is 9.99. The molecule has 1 amide bonds. The molecule has 1 fully saturated rings. The summed E-state index contributed by atoms with van der Waals surface area (Å²) >= 11 is 0. The van der Waals surface area contributed by atoms with Crippen LogP contribution in [0.2, 0.25) is 0 Å². The number of carbonyl (C=O) groups is 1. The van der Waals surface area contributed by atoms with E-state index in [2.05, 4.69) is 10.6 Å². The van der Waals surface area contributed by atoms with Gasteiger partial charge in [-0.05, 0) is 37.1 Å². The third-order valence-electron chi connectivity index (χ3n) is 3.23. The number of benzene rings is 1. The second-order valence-electron chi connectivity index (χ2n) is 4.95. The Bertz CT molecular complexity index is 470. The monoisotopic (exact) mass is 280 g/mol. The zero-order valence-corrected chi connectivity index (χ0v) is 12.0. The minimum Gasteiger partial charge on any atom is -0.326 e. The van der Waals surface area contributed by atoms with Crippen molar-refractivity contribution in [2.75, 3.05) is 24.7 Å². The third-order valence-corrected chi connectivity index (χ3v) is 3.97. The van der Waals surface area contributed by atoms with Gasteiger partial charge < -0.3 is 10.6 Å². The van der Waals surface area contributed by atoms with Crippen LogP contribution < -0.4 is 10.6 Å². The summed E-state index contributed by atoms with van der Waals surface area (Å²) in [5, 5.41) is 6.19. The van der Waals surface area contributed by atoms with Gasteiger partial charge in [0.2, 0.25) is 5.91 Å². The molecular weight excluding hydrogens is 260 g/mol. The van der Waals surface area contributed by atoms with Crippen molar-refractivity contribution in [3.8, 4) is 0 Å². The minimum absolute atomic E-state index is 0.0534. The highest BCUT2D eigenvalue weighted by Gasteiger charge is 2.20. The molecule has 1 aromatic rings. The Labute approximate surface area is 116 Å². The van der Waals surface area contributed by atoms with E-state index in [9.17, 15) is 9.00 Å². The maximum atomic E-state index is 12.1. The van der Waals surface area contributed by atoms with Gasteiger partial charge in [0.25, 0.3) is 0 Å². The Balaban J connectivity index is 1.97. The summed E-state index contributed by atoms with van der Waals surface area (Å²) < 4.78 is 11.2. The predicted octanol–water partition coefficient (Wildman–Crippen LogP) is 1.50. The van der Waals surface area contributed by atoms with E-state index in [1.165, 1.54) is 0 Å². The molecule has 0 radical (unpaired) electrons. The van der Waals surface area contributed by atoms with Crippen LogP contribution >= 0.6 is 0 Å². The number of nitrogens with one attached hydrogen (secondary N) is 2. The van der Waals surface area contributed by atoms with Gasteiger partial charge in [0.05, 0.1) is 5.92 Å². The van der Waals surface area contributed by atoms with Crippen LogP contribution in [0, 0.1) is 5.92 Å². The first-order valence-electron chi connectivity index (χ1n) is 6.55. The molecule has 0 aliphatic carbocycles. The molecule has 2 N–H and O–H groups in total. The molecule has 1 aromatic carbocycles. The molecule has 1 heterocycles. The van der Waals surface area contributed by atoms with E-state index < -0.39 is 10.8 Å². The molecule has 5 heteroatoms. The number of anilines is 1. The highest BCUT2D eigenvalue weighted by Crippen LogP contribution is 2.16. The molecule has 0 spiro atoms. The van der Waals surface area contributed by atoms with Crippen molar-refractivity contribution in [2.24, 2.45) is 5.92 Å². The quantitative estimate of drug-likeness (QED) is 0.879. The molecule has 4 nitrogen and oxygen atoms in total. The zero-order valence-electron chi connectivity index (χ0n) is 11.1. The first-order chi connectivity index (χ1) is 9.15. The Kier molecular flexibility index (Phi) is 5.10. The zero-order chi connectivity index (χ0) is 13.7. The fourth-order valence-corrected chi connectivity index (χ4v) is 2.94. The van der Waals surface area contributed by atoms with Crippen molar-refractivity contribution in [1.82, 2.24) is 5.32 Å². The van der Waals surface area contributed by atoms with Gasteiger partial charge in [0.15, 0.2) is 0 Å². The summed E-state index contributed by atoms with van der Waals surface area (Å²) in [4.78, 5) is 12.1. The van der Waals surface area contributed by atoms with Gasteiger partial charge in [0.1, 0.15) is 0 Å². The van der Waals surface area contributed by atoms with Gasteiger partial charge >= 0.3 is 0 Å². The van der Waals surface area contributed by atoms with Crippen LogP contribution in [0.15, 0.2) is 24.3 Å². The maximum Gasteiger partial charge on any atom is 0.228 e. The average molecular weight is 280 g/mol. The van der Waals surface area contributed by atoms with Gasteiger partial charge in [-0.1, -0.05) is 12.1 Å². The fourth-order valence-electron chi connectivity index (χ4n) is 2.29. The highest BCUT2D eigenvalue weighted by atomic mass is 32.2. The highest BCUT2D eigenvalue weighted by molar-refractivity contribution is 7.83. The normalized spacial score (nSPS) is 20.8. The molecule has 2 unspecified atom stereocenters. The lowest BCUT2D eigenvalue weighted by molar-refractivity contribution is -0.120. The van der Waals surface area contributed by atoms with Gasteiger partial charge in [-0.15, -0.1) is 0 Å². The SMILES string of the molecule is CS(=O)Cc1cccc(NC(=O)C2CCCNC2)c1. The second kappa shape index (κ2) is 6.82. The summed E-state index contributed by atoms with van der Waals surface area (Å²) in [5.74, 6) is 0.647. The van der Waals surface area contributed by atoms with Crippen LogP contribution in [-0.4, -0.2) is 29.5 Å². The summed E-state index contributed by atoms with van der Waals surface area (Å²) in [6, 6.07) is 7.59. The molecule has 0 saturated carbocycles. The standard InChI is InChI=1S/C14H20N2O2S/c1-19(18)10-11-4-2-6-13(8-11)16-14(17)12-5-3-7-15-9-12/h2,4,6,8,12,15H,3,5,7,9-10H2,1H3,(H,16,17). The van der Waals surface area contributed by atoms with Crippen LogP contribution in [0.4, 0.5) is 5.69 Å². The van der Waals surface area contributed by atoms with Crippen LogP contribution in [0.3, 0.4) is 0 Å². The number of rotatable bonds is 4. The molecule has 1 aliphatic heterocycles. The maximum absolute atomic E-state index is 12.1. The molecule has 19 heavy (non-hydrogen) atoms. The summed E-state index contributed by atoms with van der Waals surface area (Å²) in [6.45, 7) is 1.76. The lowest BCUT2D eigenvalue weighted by Gasteiger charge is -2.22.